The predicted molar refractivity (Wildman–Crippen MR) is 70.0 cm³/mol. The Labute approximate surface area is 103 Å². The summed E-state index contributed by atoms with van der Waals surface area (Å²) in [7, 11) is 0. The van der Waals surface area contributed by atoms with Crippen molar-refractivity contribution in [3.63, 3.8) is 0 Å². The molecule has 1 rings (SSSR count). The third kappa shape index (κ3) is 3.56. The molecule has 0 aromatic carbocycles. The van der Waals surface area contributed by atoms with E-state index in [1.165, 1.54) is 0 Å². The molecule has 1 unspecified atom stereocenters. The highest BCUT2D eigenvalue weighted by molar-refractivity contribution is 7.09. The second-order valence-electron chi connectivity index (χ2n) is 6.46. The number of hydrogen-bond acceptors (Lipinski definition) is 3. The first-order valence-corrected chi connectivity index (χ1v) is 6.61. The van der Waals surface area contributed by atoms with Crippen LogP contribution in [0.5, 0.6) is 0 Å². The molecule has 0 fully saturated rings. The van der Waals surface area contributed by atoms with Gasteiger partial charge in [0.05, 0.1) is 16.8 Å². The first-order chi connectivity index (χ1) is 7.10. The van der Waals surface area contributed by atoms with E-state index in [0.29, 0.717) is 6.42 Å². The lowest BCUT2D eigenvalue weighted by Crippen LogP contribution is -2.28. The molecule has 0 saturated carbocycles. The Hall–Kier alpha value is -0.410. The summed E-state index contributed by atoms with van der Waals surface area (Å²) in [5, 5.41) is 13.2. The summed E-state index contributed by atoms with van der Waals surface area (Å²) in [4.78, 5) is 4.59. The molecule has 1 aromatic heterocycles. The van der Waals surface area contributed by atoms with Gasteiger partial charge in [-0.2, -0.15) is 0 Å². The fourth-order valence-corrected chi connectivity index (χ4v) is 2.28. The highest BCUT2D eigenvalue weighted by Crippen LogP contribution is 2.27. The third-order valence-electron chi connectivity index (χ3n) is 2.69. The summed E-state index contributed by atoms with van der Waals surface area (Å²) in [6, 6.07) is 0. The third-order valence-corrected chi connectivity index (χ3v) is 3.56. The van der Waals surface area contributed by atoms with Gasteiger partial charge in [0.2, 0.25) is 0 Å². The lowest BCUT2D eigenvalue weighted by molar-refractivity contribution is 0.0635. The molecule has 0 saturated heterocycles. The van der Waals surface area contributed by atoms with Gasteiger partial charge in [0.15, 0.2) is 0 Å². The molecule has 0 aliphatic rings. The molecular formula is C13H23NOS. The van der Waals surface area contributed by atoms with E-state index < -0.39 is 0 Å². The molecule has 16 heavy (non-hydrogen) atoms. The second kappa shape index (κ2) is 4.46. The standard InChI is InChI=1S/C13H23NOS/c1-12(2,3)9-8-16-11(14-9)7-10(15)13(4,5)6/h8,10,15H,7H2,1-6H3. The largest absolute Gasteiger partial charge is 0.392 e. The number of rotatable bonds is 2. The van der Waals surface area contributed by atoms with Crippen LogP contribution in [0.3, 0.4) is 0 Å². The van der Waals surface area contributed by atoms with Crippen LogP contribution in [0.2, 0.25) is 0 Å². The van der Waals surface area contributed by atoms with E-state index in [2.05, 4.69) is 51.9 Å². The van der Waals surface area contributed by atoms with Gasteiger partial charge in [-0.1, -0.05) is 41.5 Å². The summed E-state index contributed by atoms with van der Waals surface area (Å²) >= 11 is 1.65. The molecule has 1 aromatic rings. The first-order valence-electron chi connectivity index (χ1n) is 5.73. The van der Waals surface area contributed by atoms with Crippen LogP contribution in [0.25, 0.3) is 0 Å². The van der Waals surface area contributed by atoms with Crippen LogP contribution in [-0.2, 0) is 11.8 Å². The Morgan fingerprint density at radius 2 is 1.81 bits per heavy atom. The van der Waals surface area contributed by atoms with Crippen LogP contribution in [0.1, 0.15) is 52.2 Å². The number of nitrogens with zero attached hydrogens (tertiary/aromatic N) is 1. The zero-order valence-corrected chi connectivity index (χ0v) is 12.0. The zero-order valence-electron chi connectivity index (χ0n) is 11.2. The molecule has 1 heterocycles. The van der Waals surface area contributed by atoms with Crippen LogP contribution in [0.4, 0.5) is 0 Å². The molecule has 0 bridgehead atoms. The van der Waals surface area contributed by atoms with E-state index in [-0.39, 0.29) is 16.9 Å². The summed E-state index contributed by atoms with van der Waals surface area (Å²) in [5.74, 6) is 0. The van der Waals surface area contributed by atoms with E-state index in [1.807, 2.05) is 0 Å². The van der Waals surface area contributed by atoms with E-state index in [1.54, 1.807) is 11.3 Å². The Morgan fingerprint density at radius 3 is 2.19 bits per heavy atom. The second-order valence-corrected chi connectivity index (χ2v) is 7.41. The lowest BCUT2D eigenvalue weighted by atomic mass is 9.87. The Balaban J connectivity index is 2.74. The zero-order chi connectivity index (χ0) is 12.6. The molecule has 0 amide bonds. The van der Waals surface area contributed by atoms with Gasteiger partial charge in [0.1, 0.15) is 0 Å². The average molecular weight is 241 g/mol. The fourth-order valence-electron chi connectivity index (χ4n) is 1.22. The Kier molecular flexibility index (Phi) is 3.80. The van der Waals surface area contributed by atoms with Crippen molar-refractivity contribution >= 4 is 11.3 Å². The molecule has 3 heteroatoms. The topological polar surface area (TPSA) is 33.1 Å². The minimum absolute atomic E-state index is 0.0758. The van der Waals surface area contributed by atoms with Gasteiger partial charge in [-0.25, -0.2) is 4.98 Å². The molecular weight excluding hydrogens is 218 g/mol. The van der Waals surface area contributed by atoms with Crippen LogP contribution < -0.4 is 0 Å². The average Bonchev–Trinajstić information content (AvgIpc) is 2.49. The molecule has 1 atom stereocenters. The normalized spacial score (nSPS) is 15.2. The molecule has 2 nitrogen and oxygen atoms in total. The molecule has 92 valence electrons. The van der Waals surface area contributed by atoms with Crippen LogP contribution in [0, 0.1) is 5.41 Å². The monoisotopic (exact) mass is 241 g/mol. The minimum atomic E-state index is -0.327. The van der Waals surface area contributed by atoms with Crippen molar-refractivity contribution in [3.8, 4) is 0 Å². The van der Waals surface area contributed by atoms with Gasteiger partial charge < -0.3 is 5.11 Å². The maximum Gasteiger partial charge on any atom is 0.0954 e. The Morgan fingerprint density at radius 1 is 1.25 bits per heavy atom. The summed E-state index contributed by atoms with van der Waals surface area (Å²) < 4.78 is 0. The molecule has 0 spiro atoms. The van der Waals surface area contributed by atoms with Gasteiger partial charge >= 0.3 is 0 Å². The molecule has 0 aliphatic heterocycles. The first kappa shape index (κ1) is 13.7. The summed E-state index contributed by atoms with van der Waals surface area (Å²) in [5.41, 5.74) is 1.14. The van der Waals surface area contributed by atoms with Gasteiger partial charge in [0, 0.05) is 17.2 Å². The van der Waals surface area contributed by atoms with Crippen LogP contribution >= 0.6 is 11.3 Å². The van der Waals surface area contributed by atoms with E-state index in [0.717, 1.165) is 10.7 Å². The fraction of sp³-hybridized carbons (Fsp3) is 0.769. The quantitative estimate of drug-likeness (QED) is 0.861. The van der Waals surface area contributed by atoms with E-state index in [4.69, 9.17) is 0 Å². The highest BCUT2D eigenvalue weighted by atomic mass is 32.1. The molecule has 0 radical (unpaired) electrons. The number of aliphatic hydroxyl groups is 1. The number of hydrogen-bond donors (Lipinski definition) is 1. The number of thiazole rings is 1. The van der Waals surface area contributed by atoms with Crippen molar-refractivity contribution in [2.75, 3.05) is 0 Å². The van der Waals surface area contributed by atoms with E-state index in [9.17, 15) is 5.11 Å². The van der Waals surface area contributed by atoms with Crippen molar-refractivity contribution in [1.82, 2.24) is 4.98 Å². The van der Waals surface area contributed by atoms with Gasteiger partial charge in [0.25, 0.3) is 0 Å². The maximum absolute atomic E-state index is 10.0. The maximum atomic E-state index is 10.0. The van der Waals surface area contributed by atoms with E-state index >= 15 is 0 Å². The highest BCUT2D eigenvalue weighted by Gasteiger charge is 2.24. The smallest absolute Gasteiger partial charge is 0.0954 e. The SMILES string of the molecule is CC(C)(C)c1csc(CC(O)C(C)(C)C)n1. The van der Waals surface area contributed by atoms with Crippen molar-refractivity contribution in [1.29, 1.82) is 0 Å². The van der Waals surface area contributed by atoms with Gasteiger partial charge in [-0.05, 0) is 5.41 Å². The van der Waals surface area contributed by atoms with Crippen LogP contribution in [0.15, 0.2) is 5.38 Å². The Bertz CT molecular complexity index is 344. The minimum Gasteiger partial charge on any atom is -0.392 e. The predicted octanol–water partition coefficient (Wildman–Crippen LogP) is 3.39. The van der Waals surface area contributed by atoms with Gasteiger partial charge in [-0.3, -0.25) is 0 Å². The van der Waals surface area contributed by atoms with Crippen molar-refractivity contribution < 1.29 is 5.11 Å². The summed E-state index contributed by atoms with van der Waals surface area (Å²) in [6.45, 7) is 12.6. The lowest BCUT2D eigenvalue weighted by Gasteiger charge is -2.24. The molecule has 1 N–H and O–H groups in total. The van der Waals surface area contributed by atoms with Crippen molar-refractivity contribution in [3.05, 3.63) is 16.1 Å². The molecule has 0 aliphatic carbocycles. The number of aromatic nitrogens is 1. The van der Waals surface area contributed by atoms with Crippen LogP contribution in [-0.4, -0.2) is 16.2 Å². The van der Waals surface area contributed by atoms with Crippen molar-refractivity contribution in [2.45, 2.75) is 59.5 Å². The number of aliphatic hydroxyl groups excluding tert-OH is 1. The summed E-state index contributed by atoms with van der Waals surface area (Å²) in [6.07, 6.45) is 0.330. The van der Waals surface area contributed by atoms with Gasteiger partial charge in [-0.15, -0.1) is 11.3 Å². The van der Waals surface area contributed by atoms with Crippen molar-refractivity contribution in [2.24, 2.45) is 5.41 Å².